The highest BCUT2D eigenvalue weighted by Crippen LogP contribution is 2.22. The SMILES string of the molecule is CC(C)CC1CSC(NC(C)C(=O)N2CCCC2)=N1. The number of nitrogens with zero attached hydrogens (tertiary/aromatic N) is 2. The molecule has 108 valence electrons. The van der Waals surface area contributed by atoms with E-state index in [2.05, 4.69) is 24.2 Å². The maximum absolute atomic E-state index is 12.2. The lowest BCUT2D eigenvalue weighted by molar-refractivity contribution is -0.131. The van der Waals surface area contributed by atoms with Crippen LogP contribution in [0.4, 0.5) is 0 Å². The van der Waals surface area contributed by atoms with Gasteiger partial charge in [0.15, 0.2) is 5.17 Å². The molecule has 0 spiro atoms. The van der Waals surface area contributed by atoms with E-state index in [4.69, 9.17) is 0 Å². The summed E-state index contributed by atoms with van der Waals surface area (Å²) in [6.45, 7) is 8.23. The van der Waals surface area contributed by atoms with Crippen LogP contribution in [-0.4, -0.2) is 46.9 Å². The molecule has 0 bridgehead atoms. The van der Waals surface area contributed by atoms with Crippen LogP contribution in [-0.2, 0) is 4.79 Å². The quantitative estimate of drug-likeness (QED) is 0.859. The Kier molecular flexibility index (Phi) is 5.13. The van der Waals surface area contributed by atoms with E-state index >= 15 is 0 Å². The van der Waals surface area contributed by atoms with Crippen molar-refractivity contribution >= 4 is 22.8 Å². The number of rotatable bonds is 4. The first-order valence-corrected chi connectivity index (χ1v) is 8.30. The van der Waals surface area contributed by atoms with Gasteiger partial charge in [-0.2, -0.15) is 0 Å². The van der Waals surface area contributed by atoms with Crippen molar-refractivity contribution in [2.75, 3.05) is 18.8 Å². The summed E-state index contributed by atoms with van der Waals surface area (Å²) in [5.41, 5.74) is 0. The summed E-state index contributed by atoms with van der Waals surface area (Å²) in [6.07, 6.45) is 3.42. The summed E-state index contributed by atoms with van der Waals surface area (Å²) < 4.78 is 0. The average molecular weight is 283 g/mol. The van der Waals surface area contributed by atoms with Crippen molar-refractivity contribution in [2.24, 2.45) is 10.9 Å². The molecular weight excluding hydrogens is 258 g/mol. The smallest absolute Gasteiger partial charge is 0.244 e. The largest absolute Gasteiger partial charge is 0.353 e. The van der Waals surface area contributed by atoms with Crippen molar-refractivity contribution in [1.29, 1.82) is 0 Å². The van der Waals surface area contributed by atoms with Gasteiger partial charge in [-0.05, 0) is 32.1 Å². The molecular formula is C14H25N3OS. The number of thioether (sulfide) groups is 1. The normalized spacial score (nSPS) is 24.7. The van der Waals surface area contributed by atoms with Gasteiger partial charge < -0.3 is 10.2 Å². The Balaban J connectivity index is 1.82. The van der Waals surface area contributed by atoms with Crippen molar-refractivity contribution in [2.45, 2.75) is 52.1 Å². The lowest BCUT2D eigenvalue weighted by Gasteiger charge is -2.21. The molecule has 1 fully saturated rings. The van der Waals surface area contributed by atoms with E-state index in [0.29, 0.717) is 12.0 Å². The summed E-state index contributed by atoms with van der Waals surface area (Å²) >= 11 is 1.75. The number of aliphatic imine (C=N–C) groups is 1. The molecule has 0 saturated carbocycles. The van der Waals surface area contributed by atoms with Gasteiger partial charge in [-0.1, -0.05) is 25.6 Å². The molecule has 2 rings (SSSR count). The Hall–Kier alpha value is -0.710. The molecule has 2 aliphatic heterocycles. The average Bonchev–Trinajstić information content (AvgIpc) is 2.98. The minimum atomic E-state index is -0.151. The summed E-state index contributed by atoms with van der Waals surface area (Å²) in [5.74, 6) is 1.94. The van der Waals surface area contributed by atoms with E-state index < -0.39 is 0 Å². The van der Waals surface area contributed by atoms with Crippen LogP contribution >= 0.6 is 11.8 Å². The Bertz CT molecular complexity index is 351. The minimum absolute atomic E-state index is 0.151. The predicted octanol–water partition coefficient (Wildman–Crippen LogP) is 2.10. The first kappa shape index (κ1) is 14.7. The number of carbonyl (C=O) groups excluding carboxylic acids is 1. The maximum atomic E-state index is 12.2. The van der Waals surface area contributed by atoms with Gasteiger partial charge in [0.25, 0.3) is 0 Å². The molecule has 19 heavy (non-hydrogen) atoms. The number of nitrogens with one attached hydrogen (secondary N) is 1. The van der Waals surface area contributed by atoms with Gasteiger partial charge in [-0.3, -0.25) is 9.79 Å². The molecule has 2 aliphatic rings. The van der Waals surface area contributed by atoms with Gasteiger partial charge in [0.2, 0.25) is 5.91 Å². The van der Waals surface area contributed by atoms with Crippen molar-refractivity contribution in [3.63, 3.8) is 0 Å². The number of hydrogen-bond donors (Lipinski definition) is 1. The van der Waals surface area contributed by atoms with Crippen LogP contribution in [0.1, 0.15) is 40.0 Å². The molecule has 5 heteroatoms. The van der Waals surface area contributed by atoms with Crippen LogP contribution in [0, 0.1) is 5.92 Å². The standard InChI is InChI=1S/C14H25N3OS/c1-10(2)8-12-9-19-14(16-12)15-11(3)13(18)17-6-4-5-7-17/h10-12H,4-9H2,1-3H3,(H,15,16). The lowest BCUT2D eigenvalue weighted by Crippen LogP contribution is -2.45. The zero-order chi connectivity index (χ0) is 13.8. The van der Waals surface area contributed by atoms with Gasteiger partial charge >= 0.3 is 0 Å². The zero-order valence-electron chi connectivity index (χ0n) is 12.2. The highest BCUT2D eigenvalue weighted by molar-refractivity contribution is 8.14. The monoisotopic (exact) mass is 283 g/mol. The van der Waals surface area contributed by atoms with E-state index in [1.54, 1.807) is 11.8 Å². The molecule has 0 aromatic rings. The number of carbonyl (C=O) groups is 1. The summed E-state index contributed by atoms with van der Waals surface area (Å²) in [4.78, 5) is 18.8. The Morgan fingerprint density at radius 3 is 2.74 bits per heavy atom. The molecule has 1 amide bonds. The van der Waals surface area contributed by atoms with Crippen molar-refractivity contribution in [1.82, 2.24) is 10.2 Å². The highest BCUT2D eigenvalue weighted by atomic mass is 32.2. The molecule has 0 radical (unpaired) electrons. The minimum Gasteiger partial charge on any atom is -0.353 e. The van der Waals surface area contributed by atoms with Crippen molar-refractivity contribution < 1.29 is 4.79 Å². The highest BCUT2D eigenvalue weighted by Gasteiger charge is 2.26. The zero-order valence-corrected chi connectivity index (χ0v) is 13.0. The first-order chi connectivity index (χ1) is 9.06. The van der Waals surface area contributed by atoms with E-state index in [-0.39, 0.29) is 11.9 Å². The van der Waals surface area contributed by atoms with E-state index in [1.165, 1.54) is 0 Å². The first-order valence-electron chi connectivity index (χ1n) is 7.32. The van der Waals surface area contributed by atoms with Crippen LogP contribution in [0.25, 0.3) is 0 Å². The van der Waals surface area contributed by atoms with Crippen LogP contribution in [0.15, 0.2) is 4.99 Å². The van der Waals surface area contributed by atoms with Gasteiger partial charge in [0, 0.05) is 18.8 Å². The third kappa shape index (κ3) is 4.13. The number of hydrogen-bond acceptors (Lipinski definition) is 4. The van der Waals surface area contributed by atoms with E-state index in [0.717, 1.165) is 43.3 Å². The second-order valence-corrected chi connectivity index (χ2v) is 6.94. The Labute approximate surface area is 120 Å². The predicted molar refractivity (Wildman–Crippen MR) is 81.5 cm³/mol. The number of amidine groups is 1. The maximum Gasteiger partial charge on any atom is 0.244 e. The molecule has 2 atom stereocenters. The van der Waals surface area contributed by atoms with Gasteiger partial charge in [-0.15, -0.1) is 0 Å². The van der Waals surface area contributed by atoms with Crippen LogP contribution in [0.3, 0.4) is 0 Å². The molecule has 2 unspecified atom stereocenters. The summed E-state index contributed by atoms with van der Waals surface area (Å²) in [7, 11) is 0. The van der Waals surface area contributed by atoms with Crippen molar-refractivity contribution in [3.8, 4) is 0 Å². The second-order valence-electron chi connectivity index (χ2n) is 5.93. The molecule has 1 saturated heterocycles. The molecule has 0 aromatic heterocycles. The van der Waals surface area contributed by atoms with E-state index in [9.17, 15) is 4.79 Å². The van der Waals surface area contributed by atoms with Gasteiger partial charge in [0.1, 0.15) is 6.04 Å². The van der Waals surface area contributed by atoms with Crippen LogP contribution in [0.2, 0.25) is 0 Å². The van der Waals surface area contributed by atoms with Crippen molar-refractivity contribution in [3.05, 3.63) is 0 Å². The molecule has 4 nitrogen and oxygen atoms in total. The number of likely N-dealkylation sites (tertiary alicyclic amines) is 1. The summed E-state index contributed by atoms with van der Waals surface area (Å²) in [5, 5.41) is 4.23. The molecule has 0 aromatic carbocycles. The second kappa shape index (κ2) is 6.64. The Morgan fingerprint density at radius 2 is 2.11 bits per heavy atom. The molecule has 2 heterocycles. The van der Waals surface area contributed by atoms with Gasteiger partial charge in [-0.25, -0.2) is 0 Å². The fourth-order valence-corrected chi connectivity index (χ4v) is 3.66. The topological polar surface area (TPSA) is 44.7 Å². The summed E-state index contributed by atoms with van der Waals surface area (Å²) in [6, 6.07) is 0.267. The van der Waals surface area contributed by atoms with Crippen LogP contribution in [0.5, 0.6) is 0 Å². The van der Waals surface area contributed by atoms with E-state index in [1.807, 2.05) is 11.8 Å². The van der Waals surface area contributed by atoms with Gasteiger partial charge in [0.05, 0.1) is 6.04 Å². The Morgan fingerprint density at radius 1 is 1.42 bits per heavy atom. The van der Waals surface area contributed by atoms with Crippen LogP contribution < -0.4 is 5.32 Å². The molecule has 1 N–H and O–H groups in total. The fraction of sp³-hybridized carbons (Fsp3) is 0.857. The third-order valence-electron chi connectivity index (χ3n) is 3.58. The fourth-order valence-electron chi connectivity index (χ4n) is 2.62. The number of amides is 1. The third-order valence-corrected chi connectivity index (χ3v) is 4.63. The molecule has 0 aliphatic carbocycles. The lowest BCUT2D eigenvalue weighted by atomic mass is 10.1.